The summed E-state index contributed by atoms with van der Waals surface area (Å²) in [7, 11) is -3.74. The van der Waals surface area contributed by atoms with Crippen molar-refractivity contribution in [3.8, 4) is 5.75 Å². The molecule has 8 nitrogen and oxygen atoms in total. The zero-order valence-electron chi connectivity index (χ0n) is 19.4. The van der Waals surface area contributed by atoms with Crippen LogP contribution in [0.2, 0.25) is 0 Å². The Bertz CT molecular complexity index is 1220. The number of nitrogens with one attached hydrogen (secondary N) is 1. The number of sulfonamides is 1. The van der Waals surface area contributed by atoms with Gasteiger partial charge in [-0.15, -0.1) is 0 Å². The standard InChI is InChI=1S/C25H29N3O5S/c1-3-33-23-11-10-20(16-24(23)34(31,32)27-13-6-7-14-27)26-25(30)17-22-21-9-5-4-8-19(21)12-15-28(22)18(2)29/h4-5,8-12,15-16,22H,3,6-7,13-14,17H2,1-2H3,(H,26,30)/t22-/m1/s1. The molecule has 4 rings (SSSR count). The molecule has 0 radical (unpaired) electrons. The van der Waals surface area contributed by atoms with E-state index in [-0.39, 0.29) is 28.9 Å². The molecule has 2 amide bonds. The van der Waals surface area contributed by atoms with E-state index in [0.29, 0.717) is 25.4 Å². The minimum atomic E-state index is -3.74. The molecule has 0 saturated carbocycles. The number of carbonyl (C=O) groups is 2. The second-order valence-corrected chi connectivity index (χ2v) is 10.3. The molecule has 1 atom stereocenters. The lowest BCUT2D eigenvalue weighted by Gasteiger charge is -2.32. The summed E-state index contributed by atoms with van der Waals surface area (Å²) in [5.41, 5.74) is 2.21. The van der Waals surface area contributed by atoms with Gasteiger partial charge in [-0.25, -0.2) is 8.42 Å². The fraction of sp³-hybridized carbons (Fsp3) is 0.360. The summed E-state index contributed by atoms with van der Waals surface area (Å²) in [5.74, 6) is -0.222. The first-order valence-electron chi connectivity index (χ1n) is 11.4. The van der Waals surface area contributed by atoms with Gasteiger partial charge in [-0.2, -0.15) is 4.31 Å². The highest BCUT2D eigenvalue weighted by molar-refractivity contribution is 7.89. The molecule has 0 spiro atoms. The predicted octanol–water partition coefficient (Wildman–Crippen LogP) is 3.77. The van der Waals surface area contributed by atoms with Crippen LogP contribution in [-0.2, 0) is 19.6 Å². The highest BCUT2D eigenvalue weighted by Gasteiger charge is 2.31. The Kier molecular flexibility index (Phi) is 7.04. The van der Waals surface area contributed by atoms with E-state index in [4.69, 9.17) is 4.74 Å². The normalized spacial score (nSPS) is 17.9. The summed E-state index contributed by atoms with van der Waals surface area (Å²) in [5, 5.41) is 2.81. The van der Waals surface area contributed by atoms with Crippen molar-refractivity contribution in [2.45, 2.75) is 44.0 Å². The van der Waals surface area contributed by atoms with Crippen LogP contribution in [0.4, 0.5) is 5.69 Å². The number of hydrogen-bond donors (Lipinski definition) is 1. The summed E-state index contributed by atoms with van der Waals surface area (Å²) >= 11 is 0. The zero-order valence-corrected chi connectivity index (χ0v) is 20.2. The van der Waals surface area contributed by atoms with Crippen LogP contribution in [-0.4, -0.2) is 49.1 Å². The predicted molar refractivity (Wildman–Crippen MR) is 130 cm³/mol. The molecule has 34 heavy (non-hydrogen) atoms. The fourth-order valence-corrected chi connectivity index (χ4v) is 6.10. The lowest BCUT2D eigenvalue weighted by Crippen LogP contribution is -2.33. The Morgan fingerprint density at radius 3 is 2.56 bits per heavy atom. The molecular formula is C25H29N3O5S. The maximum atomic E-state index is 13.2. The average molecular weight is 484 g/mol. The van der Waals surface area contributed by atoms with Crippen molar-refractivity contribution >= 4 is 33.6 Å². The first-order chi connectivity index (χ1) is 16.3. The Balaban J connectivity index is 1.58. The van der Waals surface area contributed by atoms with E-state index in [1.165, 1.54) is 17.3 Å². The van der Waals surface area contributed by atoms with Gasteiger partial charge in [0.15, 0.2) is 0 Å². The number of benzene rings is 2. The molecule has 0 aromatic heterocycles. The molecule has 2 aromatic rings. The topological polar surface area (TPSA) is 96.0 Å². The molecule has 1 saturated heterocycles. The fourth-order valence-electron chi connectivity index (χ4n) is 4.43. The number of amides is 2. The van der Waals surface area contributed by atoms with Gasteiger partial charge in [-0.1, -0.05) is 24.3 Å². The minimum absolute atomic E-state index is 0.0301. The third kappa shape index (κ3) is 4.85. The van der Waals surface area contributed by atoms with Crippen LogP contribution in [0.15, 0.2) is 53.6 Å². The molecule has 2 aliphatic heterocycles. The number of rotatable bonds is 7. The van der Waals surface area contributed by atoms with E-state index in [0.717, 1.165) is 24.0 Å². The van der Waals surface area contributed by atoms with Gasteiger partial charge in [0.25, 0.3) is 0 Å². The minimum Gasteiger partial charge on any atom is -0.492 e. The van der Waals surface area contributed by atoms with E-state index < -0.39 is 16.1 Å². The van der Waals surface area contributed by atoms with Crippen molar-refractivity contribution in [2.24, 2.45) is 0 Å². The van der Waals surface area contributed by atoms with Crippen LogP contribution in [0.3, 0.4) is 0 Å². The summed E-state index contributed by atoms with van der Waals surface area (Å²) in [4.78, 5) is 26.8. The van der Waals surface area contributed by atoms with Crippen molar-refractivity contribution in [2.75, 3.05) is 25.0 Å². The summed E-state index contributed by atoms with van der Waals surface area (Å²) < 4.78 is 33.5. The van der Waals surface area contributed by atoms with Crippen molar-refractivity contribution in [1.29, 1.82) is 0 Å². The summed E-state index contributed by atoms with van der Waals surface area (Å²) in [6.45, 7) is 4.52. The molecule has 0 unspecified atom stereocenters. The largest absolute Gasteiger partial charge is 0.492 e. The van der Waals surface area contributed by atoms with Crippen LogP contribution >= 0.6 is 0 Å². The highest BCUT2D eigenvalue weighted by atomic mass is 32.2. The van der Waals surface area contributed by atoms with Crippen molar-refractivity contribution < 1.29 is 22.7 Å². The van der Waals surface area contributed by atoms with Crippen LogP contribution in [0.1, 0.15) is 50.3 Å². The highest BCUT2D eigenvalue weighted by Crippen LogP contribution is 2.34. The van der Waals surface area contributed by atoms with Gasteiger partial charge in [-0.05, 0) is 55.2 Å². The van der Waals surface area contributed by atoms with Crippen LogP contribution in [0.25, 0.3) is 6.08 Å². The monoisotopic (exact) mass is 483 g/mol. The molecular weight excluding hydrogens is 454 g/mol. The molecule has 0 bridgehead atoms. The van der Waals surface area contributed by atoms with Gasteiger partial charge in [0.2, 0.25) is 21.8 Å². The SMILES string of the molecule is CCOc1ccc(NC(=O)C[C@@H]2c3ccccc3C=CN2C(C)=O)cc1S(=O)(=O)N1CCCC1. The zero-order chi connectivity index (χ0) is 24.3. The summed E-state index contributed by atoms with van der Waals surface area (Å²) in [6, 6.07) is 11.8. The molecule has 1 N–H and O–H groups in total. The number of hydrogen-bond acceptors (Lipinski definition) is 5. The van der Waals surface area contributed by atoms with Crippen LogP contribution in [0.5, 0.6) is 5.75 Å². The van der Waals surface area contributed by atoms with Crippen LogP contribution < -0.4 is 10.1 Å². The number of nitrogens with zero attached hydrogens (tertiary/aromatic N) is 2. The molecule has 9 heteroatoms. The van der Waals surface area contributed by atoms with Crippen molar-refractivity contribution in [3.05, 3.63) is 59.8 Å². The Morgan fingerprint density at radius 2 is 1.85 bits per heavy atom. The molecule has 2 aliphatic rings. The second kappa shape index (κ2) is 9.99. The maximum Gasteiger partial charge on any atom is 0.246 e. The van der Waals surface area contributed by atoms with E-state index >= 15 is 0 Å². The molecule has 2 heterocycles. The van der Waals surface area contributed by atoms with Gasteiger partial charge < -0.3 is 15.0 Å². The van der Waals surface area contributed by atoms with E-state index in [1.807, 2.05) is 30.3 Å². The average Bonchev–Trinajstić information content (AvgIpc) is 3.36. The third-order valence-corrected chi connectivity index (χ3v) is 7.98. The van der Waals surface area contributed by atoms with E-state index in [1.54, 1.807) is 30.2 Å². The quantitative estimate of drug-likeness (QED) is 0.647. The molecule has 1 fully saturated rings. The smallest absolute Gasteiger partial charge is 0.246 e. The Morgan fingerprint density at radius 1 is 1.12 bits per heavy atom. The molecule has 2 aromatic carbocycles. The Labute approximate surface area is 200 Å². The number of anilines is 1. The summed E-state index contributed by atoms with van der Waals surface area (Å²) in [6.07, 6.45) is 5.23. The van der Waals surface area contributed by atoms with E-state index in [2.05, 4.69) is 5.32 Å². The maximum absolute atomic E-state index is 13.2. The van der Waals surface area contributed by atoms with Gasteiger partial charge in [0.05, 0.1) is 19.1 Å². The number of fused-ring (bicyclic) bond motifs is 1. The third-order valence-electron chi connectivity index (χ3n) is 6.06. The van der Waals surface area contributed by atoms with Crippen molar-refractivity contribution in [3.63, 3.8) is 0 Å². The van der Waals surface area contributed by atoms with E-state index in [9.17, 15) is 18.0 Å². The van der Waals surface area contributed by atoms with Gasteiger partial charge in [0, 0.05) is 31.9 Å². The molecule has 0 aliphatic carbocycles. The van der Waals surface area contributed by atoms with Crippen molar-refractivity contribution in [1.82, 2.24) is 9.21 Å². The second-order valence-electron chi connectivity index (χ2n) is 8.34. The van der Waals surface area contributed by atoms with Gasteiger partial charge in [0.1, 0.15) is 10.6 Å². The number of ether oxygens (including phenoxy) is 1. The molecule has 180 valence electrons. The van der Waals surface area contributed by atoms with Gasteiger partial charge in [-0.3, -0.25) is 9.59 Å². The Hall–Kier alpha value is -3.17. The first kappa shape index (κ1) is 24.0. The first-order valence-corrected chi connectivity index (χ1v) is 12.9. The lowest BCUT2D eigenvalue weighted by atomic mass is 9.93. The lowest BCUT2D eigenvalue weighted by molar-refractivity contribution is -0.129. The van der Waals surface area contributed by atoms with Gasteiger partial charge >= 0.3 is 0 Å². The van der Waals surface area contributed by atoms with Crippen LogP contribution in [0, 0.1) is 0 Å². The number of carbonyl (C=O) groups excluding carboxylic acids is 2.